The van der Waals surface area contributed by atoms with E-state index in [2.05, 4.69) is 10.3 Å². The van der Waals surface area contributed by atoms with Gasteiger partial charge in [-0.05, 0) is 38.1 Å². The van der Waals surface area contributed by atoms with E-state index in [9.17, 15) is 9.59 Å². The lowest BCUT2D eigenvalue weighted by Gasteiger charge is -2.15. The van der Waals surface area contributed by atoms with E-state index in [0.29, 0.717) is 33.3 Å². The van der Waals surface area contributed by atoms with Crippen LogP contribution in [0.3, 0.4) is 0 Å². The van der Waals surface area contributed by atoms with Crippen LogP contribution in [-0.4, -0.2) is 20.7 Å². The van der Waals surface area contributed by atoms with Crippen LogP contribution in [0, 0.1) is 0 Å². The predicted molar refractivity (Wildman–Crippen MR) is 107 cm³/mol. The minimum Gasteiger partial charge on any atom is -0.324 e. The largest absolute Gasteiger partial charge is 0.324 e. The molecule has 2 aromatic carbocycles. The number of hydrogen-bond donors (Lipinski definition) is 1. The Morgan fingerprint density at radius 3 is 2.65 bits per heavy atom. The fourth-order valence-electron chi connectivity index (χ4n) is 2.53. The SMILES string of the molecule is CCn1c(SC(C)C(=O)Nc2ccccc2Cl)nc2ccccc2c1=O. The van der Waals surface area contributed by atoms with Crippen LogP contribution in [0.2, 0.25) is 5.02 Å². The van der Waals surface area contributed by atoms with Crippen LogP contribution in [-0.2, 0) is 11.3 Å². The van der Waals surface area contributed by atoms with Gasteiger partial charge in [-0.3, -0.25) is 14.2 Å². The number of nitrogens with one attached hydrogen (secondary N) is 1. The summed E-state index contributed by atoms with van der Waals surface area (Å²) < 4.78 is 1.59. The molecule has 0 saturated carbocycles. The average Bonchev–Trinajstić information content (AvgIpc) is 2.64. The summed E-state index contributed by atoms with van der Waals surface area (Å²) in [6.45, 7) is 4.15. The van der Waals surface area contributed by atoms with Gasteiger partial charge in [0, 0.05) is 6.54 Å². The van der Waals surface area contributed by atoms with Crippen molar-refractivity contribution in [1.82, 2.24) is 9.55 Å². The number of benzene rings is 2. The maximum atomic E-state index is 12.7. The summed E-state index contributed by atoms with van der Waals surface area (Å²) in [4.78, 5) is 29.7. The maximum absolute atomic E-state index is 12.7. The van der Waals surface area contributed by atoms with Gasteiger partial charge in [0.05, 0.1) is 26.9 Å². The second-order valence-electron chi connectivity index (χ2n) is 5.69. The number of aromatic nitrogens is 2. The highest BCUT2D eigenvalue weighted by atomic mass is 35.5. The number of thioether (sulfide) groups is 1. The minimum absolute atomic E-state index is 0.0979. The van der Waals surface area contributed by atoms with Crippen molar-refractivity contribution in [3.05, 3.63) is 63.9 Å². The Hall–Kier alpha value is -2.31. The van der Waals surface area contributed by atoms with Crippen LogP contribution in [0.1, 0.15) is 13.8 Å². The van der Waals surface area contributed by atoms with Crippen molar-refractivity contribution < 1.29 is 4.79 Å². The summed E-state index contributed by atoms with van der Waals surface area (Å²) in [5, 5.41) is 3.95. The zero-order valence-electron chi connectivity index (χ0n) is 14.4. The Bertz CT molecular complexity index is 1020. The topological polar surface area (TPSA) is 64.0 Å². The minimum atomic E-state index is -0.447. The Kier molecular flexibility index (Phi) is 5.64. The molecular weight excluding hydrogens is 370 g/mol. The standard InChI is InChI=1S/C19H18ClN3O2S/c1-3-23-18(25)13-8-4-6-10-15(13)22-19(23)26-12(2)17(24)21-16-11-7-5-9-14(16)20/h4-12H,3H2,1-2H3,(H,21,24). The molecule has 3 aromatic rings. The van der Waals surface area contributed by atoms with Crippen LogP contribution >= 0.6 is 23.4 Å². The molecule has 3 rings (SSSR count). The van der Waals surface area contributed by atoms with Crippen molar-refractivity contribution in [2.24, 2.45) is 0 Å². The Balaban J connectivity index is 1.87. The molecule has 1 atom stereocenters. The number of carbonyl (C=O) groups is 1. The lowest BCUT2D eigenvalue weighted by atomic mass is 10.2. The molecule has 1 N–H and O–H groups in total. The highest BCUT2D eigenvalue weighted by molar-refractivity contribution is 8.00. The average molecular weight is 388 g/mol. The van der Waals surface area contributed by atoms with E-state index < -0.39 is 5.25 Å². The van der Waals surface area contributed by atoms with E-state index in [1.165, 1.54) is 11.8 Å². The predicted octanol–water partition coefficient (Wildman–Crippen LogP) is 4.19. The highest BCUT2D eigenvalue weighted by Crippen LogP contribution is 2.25. The van der Waals surface area contributed by atoms with Gasteiger partial charge in [0.2, 0.25) is 5.91 Å². The van der Waals surface area contributed by atoms with Crippen LogP contribution < -0.4 is 10.9 Å². The molecule has 26 heavy (non-hydrogen) atoms. The molecule has 0 spiro atoms. The van der Waals surface area contributed by atoms with E-state index in [1.807, 2.05) is 19.1 Å². The van der Waals surface area contributed by atoms with Gasteiger partial charge in [-0.1, -0.05) is 47.6 Å². The molecule has 1 aromatic heterocycles. The molecular formula is C19H18ClN3O2S. The summed E-state index contributed by atoms with van der Waals surface area (Å²) >= 11 is 7.34. The molecule has 0 aliphatic heterocycles. The molecule has 0 radical (unpaired) electrons. The summed E-state index contributed by atoms with van der Waals surface area (Å²) in [7, 11) is 0. The second-order valence-corrected chi connectivity index (χ2v) is 7.41. The molecule has 0 bridgehead atoms. The number of amides is 1. The Labute approximate surface area is 160 Å². The van der Waals surface area contributed by atoms with E-state index in [0.717, 1.165) is 0 Å². The molecule has 1 amide bonds. The van der Waals surface area contributed by atoms with Gasteiger partial charge in [0.1, 0.15) is 0 Å². The molecule has 0 saturated heterocycles. The summed E-state index contributed by atoms with van der Waals surface area (Å²) in [6, 6.07) is 14.3. The van der Waals surface area contributed by atoms with Crippen molar-refractivity contribution in [1.29, 1.82) is 0 Å². The van der Waals surface area contributed by atoms with Gasteiger partial charge in [-0.2, -0.15) is 0 Å². The molecule has 1 heterocycles. The number of halogens is 1. The van der Waals surface area contributed by atoms with Crippen molar-refractivity contribution in [2.45, 2.75) is 30.8 Å². The quantitative estimate of drug-likeness (QED) is 0.526. The first-order valence-electron chi connectivity index (χ1n) is 8.23. The maximum Gasteiger partial charge on any atom is 0.262 e. The van der Waals surface area contributed by atoms with Crippen molar-refractivity contribution in [3.8, 4) is 0 Å². The summed E-state index contributed by atoms with van der Waals surface area (Å²) in [5.41, 5.74) is 1.09. The lowest BCUT2D eigenvalue weighted by Crippen LogP contribution is -2.26. The van der Waals surface area contributed by atoms with Crippen molar-refractivity contribution in [3.63, 3.8) is 0 Å². The van der Waals surface area contributed by atoms with Crippen LogP contribution in [0.25, 0.3) is 10.9 Å². The number of rotatable bonds is 5. The van der Waals surface area contributed by atoms with Gasteiger partial charge >= 0.3 is 0 Å². The van der Waals surface area contributed by atoms with E-state index in [4.69, 9.17) is 11.6 Å². The third-order valence-electron chi connectivity index (χ3n) is 3.93. The molecule has 5 nitrogen and oxygen atoms in total. The first-order chi connectivity index (χ1) is 12.5. The normalized spacial score (nSPS) is 12.1. The second kappa shape index (κ2) is 7.93. The highest BCUT2D eigenvalue weighted by Gasteiger charge is 2.19. The summed E-state index contributed by atoms with van der Waals surface area (Å²) in [5.74, 6) is -0.201. The number of hydrogen-bond acceptors (Lipinski definition) is 4. The zero-order chi connectivity index (χ0) is 18.7. The van der Waals surface area contributed by atoms with E-state index in [1.54, 1.807) is 47.9 Å². The third-order valence-corrected chi connectivity index (χ3v) is 5.35. The number of carbonyl (C=O) groups excluding carboxylic acids is 1. The van der Waals surface area contributed by atoms with Gasteiger partial charge < -0.3 is 5.32 Å². The van der Waals surface area contributed by atoms with Gasteiger partial charge in [-0.15, -0.1) is 0 Å². The molecule has 7 heteroatoms. The summed E-state index contributed by atoms with van der Waals surface area (Å²) in [6.07, 6.45) is 0. The smallest absolute Gasteiger partial charge is 0.262 e. The Morgan fingerprint density at radius 1 is 1.23 bits per heavy atom. The van der Waals surface area contributed by atoms with E-state index in [-0.39, 0.29) is 11.5 Å². The van der Waals surface area contributed by atoms with Crippen LogP contribution in [0.15, 0.2) is 58.5 Å². The fourth-order valence-corrected chi connectivity index (χ4v) is 3.68. The number of fused-ring (bicyclic) bond motifs is 1. The van der Waals surface area contributed by atoms with Crippen molar-refractivity contribution in [2.75, 3.05) is 5.32 Å². The number of anilines is 1. The van der Waals surface area contributed by atoms with Gasteiger partial charge in [0.15, 0.2) is 5.16 Å². The molecule has 134 valence electrons. The van der Waals surface area contributed by atoms with E-state index >= 15 is 0 Å². The third kappa shape index (κ3) is 3.76. The first kappa shape index (κ1) is 18.5. The van der Waals surface area contributed by atoms with Crippen LogP contribution in [0.4, 0.5) is 5.69 Å². The number of para-hydroxylation sites is 2. The fraction of sp³-hybridized carbons (Fsp3) is 0.211. The molecule has 1 unspecified atom stereocenters. The monoisotopic (exact) mass is 387 g/mol. The number of nitrogens with zero attached hydrogens (tertiary/aromatic N) is 2. The Morgan fingerprint density at radius 2 is 1.92 bits per heavy atom. The first-order valence-corrected chi connectivity index (χ1v) is 9.48. The van der Waals surface area contributed by atoms with Crippen molar-refractivity contribution >= 4 is 45.9 Å². The molecule has 0 aliphatic rings. The lowest BCUT2D eigenvalue weighted by molar-refractivity contribution is -0.115. The molecule has 0 fully saturated rings. The van der Waals surface area contributed by atoms with Gasteiger partial charge in [0.25, 0.3) is 5.56 Å². The van der Waals surface area contributed by atoms with Crippen LogP contribution in [0.5, 0.6) is 0 Å². The van der Waals surface area contributed by atoms with Gasteiger partial charge in [-0.25, -0.2) is 4.98 Å². The zero-order valence-corrected chi connectivity index (χ0v) is 16.0. The molecule has 0 aliphatic carbocycles.